The summed E-state index contributed by atoms with van der Waals surface area (Å²) in [4.78, 5) is 13.3. The van der Waals surface area contributed by atoms with Crippen LogP contribution in [0.5, 0.6) is 0 Å². The average molecular weight is 297 g/mol. The molecule has 1 N–H and O–H groups in total. The fourth-order valence-corrected chi connectivity index (χ4v) is 3.13. The molecule has 0 saturated carbocycles. The van der Waals surface area contributed by atoms with Crippen molar-refractivity contribution in [3.05, 3.63) is 0 Å². The molecule has 1 aliphatic rings. The molecule has 0 aromatic rings. The number of carbonyl (C=O) groups is 1. The van der Waals surface area contributed by atoms with E-state index in [1.165, 1.54) is 70.8 Å². The van der Waals surface area contributed by atoms with E-state index in [4.69, 9.17) is 5.11 Å². The van der Waals surface area contributed by atoms with E-state index in [0.29, 0.717) is 5.92 Å². The molecule has 1 atom stereocenters. The molecule has 1 saturated heterocycles. The first kappa shape index (κ1) is 18.5. The SMILES string of the molecule is CCCCCCCCCCCCN1CC(C(C)C(=O)O)C1. The number of carboxylic acids is 1. The summed E-state index contributed by atoms with van der Waals surface area (Å²) in [6.07, 6.45) is 13.8. The lowest BCUT2D eigenvalue weighted by atomic mass is 9.87. The van der Waals surface area contributed by atoms with E-state index in [2.05, 4.69) is 11.8 Å². The first-order chi connectivity index (χ1) is 10.1. The van der Waals surface area contributed by atoms with Gasteiger partial charge in [-0.25, -0.2) is 0 Å². The highest BCUT2D eigenvalue weighted by Crippen LogP contribution is 2.24. The van der Waals surface area contributed by atoms with E-state index in [0.717, 1.165) is 13.1 Å². The number of rotatable bonds is 13. The molecule has 0 bridgehead atoms. The molecular formula is C18H35NO2. The minimum absolute atomic E-state index is 0.172. The second-order valence-electron chi connectivity index (χ2n) is 6.83. The summed E-state index contributed by atoms with van der Waals surface area (Å²) in [5, 5.41) is 8.95. The molecule has 3 heteroatoms. The van der Waals surface area contributed by atoms with Crippen molar-refractivity contribution in [3.63, 3.8) is 0 Å². The smallest absolute Gasteiger partial charge is 0.306 e. The predicted octanol–water partition coefficient (Wildman–Crippen LogP) is 4.56. The van der Waals surface area contributed by atoms with Crippen molar-refractivity contribution in [1.29, 1.82) is 0 Å². The van der Waals surface area contributed by atoms with Gasteiger partial charge in [0.25, 0.3) is 0 Å². The van der Waals surface area contributed by atoms with Crippen molar-refractivity contribution in [2.45, 2.75) is 78.1 Å². The quantitative estimate of drug-likeness (QED) is 0.507. The predicted molar refractivity (Wildman–Crippen MR) is 88.6 cm³/mol. The van der Waals surface area contributed by atoms with Crippen molar-refractivity contribution in [2.24, 2.45) is 11.8 Å². The second kappa shape index (κ2) is 11.1. The standard InChI is InChI=1S/C18H35NO2/c1-3-4-5-6-7-8-9-10-11-12-13-19-14-17(15-19)16(2)18(20)21/h16-17H,3-15H2,1-2H3,(H,20,21). The van der Waals surface area contributed by atoms with Gasteiger partial charge in [0.05, 0.1) is 5.92 Å². The first-order valence-corrected chi connectivity index (χ1v) is 9.10. The fourth-order valence-electron chi connectivity index (χ4n) is 3.13. The van der Waals surface area contributed by atoms with E-state index >= 15 is 0 Å². The van der Waals surface area contributed by atoms with Crippen LogP contribution in [0.3, 0.4) is 0 Å². The summed E-state index contributed by atoms with van der Waals surface area (Å²) >= 11 is 0. The van der Waals surface area contributed by atoms with Crippen LogP contribution in [-0.2, 0) is 4.79 Å². The maximum absolute atomic E-state index is 10.9. The van der Waals surface area contributed by atoms with Gasteiger partial charge < -0.3 is 10.0 Å². The fraction of sp³-hybridized carbons (Fsp3) is 0.944. The summed E-state index contributed by atoms with van der Waals surface area (Å²) in [5.74, 6) is -0.432. The van der Waals surface area contributed by atoms with E-state index in [9.17, 15) is 4.79 Å². The number of hydrogen-bond acceptors (Lipinski definition) is 2. The Morgan fingerprint density at radius 3 is 1.95 bits per heavy atom. The largest absolute Gasteiger partial charge is 0.481 e. The van der Waals surface area contributed by atoms with Crippen LogP contribution in [-0.4, -0.2) is 35.6 Å². The summed E-state index contributed by atoms with van der Waals surface area (Å²) in [6, 6.07) is 0. The third-order valence-electron chi connectivity index (χ3n) is 4.91. The maximum Gasteiger partial charge on any atom is 0.306 e. The van der Waals surface area contributed by atoms with Crippen molar-refractivity contribution in [1.82, 2.24) is 4.90 Å². The summed E-state index contributed by atoms with van der Waals surface area (Å²) < 4.78 is 0. The molecule has 0 spiro atoms. The van der Waals surface area contributed by atoms with Crippen LogP contribution in [0, 0.1) is 11.8 Å². The number of unbranched alkanes of at least 4 members (excludes halogenated alkanes) is 9. The van der Waals surface area contributed by atoms with Gasteiger partial charge >= 0.3 is 5.97 Å². The van der Waals surface area contributed by atoms with Crippen LogP contribution in [0.15, 0.2) is 0 Å². The van der Waals surface area contributed by atoms with E-state index < -0.39 is 5.97 Å². The van der Waals surface area contributed by atoms with Gasteiger partial charge in [0.2, 0.25) is 0 Å². The Balaban J connectivity index is 1.81. The third kappa shape index (κ3) is 7.85. The van der Waals surface area contributed by atoms with Crippen LogP contribution < -0.4 is 0 Å². The molecular weight excluding hydrogens is 262 g/mol. The summed E-state index contributed by atoms with van der Waals surface area (Å²) in [7, 11) is 0. The number of nitrogens with zero attached hydrogens (tertiary/aromatic N) is 1. The molecule has 0 aromatic heterocycles. The van der Waals surface area contributed by atoms with Crippen molar-refractivity contribution in [2.75, 3.05) is 19.6 Å². The van der Waals surface area contributed by atoms with Gasteiger partial charge in [0.1, 0.15) is 0 Å². The number of aliphatic carboxylic acids is 1. The lowest BCUT2D eigenvalue weighted by Gasteiger charge is -2.41. The molecule has 124 valence electrons. The van der Waals surface area contributed by atoms with E-state index in [1.54, 1.807) is 0 Å². The molecule has 3 nitrogen and oxygen atoms in total. The van der Waals surface area contributed by atoms with E-state index in [1.807, 2.05) is 6.92 Å². The van der Waals surface area contributed by atoms with Gasteiger partial charge in [-0.3, -0.25) is 4.79 Å². The molecule has 1 aliphatic heterocycles. The zero-order valence-electron chi connectivity index (χ0n) is 14.1. The topological polar surface area (TPSA) is 40.5 Å². The van der Waals surface area contributed by atoms with E-state index in [-0.39, 0.29) is 5.92 Å². The highest BCUT2D eigenvalue weighted by Gasteiger charge is 2.33. The zero-order chi connectivity index (χ0) is 15.5. The number of hydrogen-bond donors (Lipinski definition) is 1. The van der Waals surface area contributed by atoms with Crippen LogP contribution in [0.25, 0.3) is 0 Å². The lowest BCUT2D eigenvalue weighted by Crippen LogP contribution is -2.51. The Morgan fingerprint density at radius 2 is 1.48 bits per heavy atom. The summed E-state index contributed by atoms with van der Waals surface area (Å²) in [6.45, 7) is 7.25. The number of carboxylic acid groups (broad SMARTS) is 1. The number of likely N-dealkylation sites (tertiary alicyclic amines) is 1. The third-order valence-corrected chi connectivity index (χ3v) is 4.91. The second-order valence-corrected chi connectivity index (χ2v) is 6.83. The molecule has 21 heavy (non-hydrogen) atoms. The Labute approximate surface area is 131 Å². The van der Waals surface area contributed by atoms with Gasteiger partial charge in [-0.05, 0) is 18.9 Å². The molecule has 1 heterocycles. The van der Waals surface area contributed by atoms with Gasteiger partial charge in [-0.2, -0.15) is 0 Å². The normalized spacial score (nSPS) is 17.6. The molecule has 0 aliphatic carbocycles. The average Bonchev–Trinajstić information content (AvgIpc) is 2.42. The Kier molecular flexibility index (Phi) is 9.73. The van der Waals surface area contributed by atoms with Crippen molar-refractivity contribution < 1.29 is 9.90 Å². The minimum atomic E-state index is -0.640. The molecule has 0 radical (unpaired) electrons. The zero-order valence-corrected chi connectivity index (χ0v) is 14.1. The molecule has 1 unspecified atom stereocenters. The van der Waals surface area contributed by atoms with Gasteiger partial charge in [-0.1, -0.05) is 71.6 Å². The van der Waals surface area contributed by atoms with Gasteiger partial charge in [-0.15, -0.1) is 0 Å². The van der Waals surface area contributed by atoms with Gasteiger partial charge in [0.15, 0.2) is 0 Å². The van der Waals surface area contributed by atoms with Crippen molar-refractivity contribution >= 4 is 5.97 Å². The molecule has 1 rings (SSSR count). The molecule has 0 amide bonds. The Morgan fingerprint density at radius 1 is 1.00 bits per heavy atom. The van der Waals surface area contributed by atoms with Crippen LogP contribution in [0.2, 0.25) is 0 Å². The maximum atomic E-state index is 10.9. The van der Waals surface area contributed by atoms with Crippen molar-refractivity contribution in [3.8, 4) is 0 Å². The lowest BCUT2D eigenvalue weighted by molar-refractivity contribution is -0.145. The summed E-state index contributed by atoms with van der Waals surface area (Å²) in [5.41, 5.74) is 0. The monoisotopic (exact) mass is 297 g/mol. The first-order valence-electron chi connectivity index (χ1n) is 9.10. The Hall–Kier alpha value is -0.570. The molecule has 0 aromatic carbocycles. The van der Waals surface area contributed by atoms with Gasteiger partial charge in [0, 0.05) is 13.1 Å². The minimum Gasteiger partial charge on any atom is -0.481 e. The Bertz CT molecular complexity index is 274. The van der Waals surface area contributed by atoms with Crippen LogP contribution in [0.1, 0.15) is 78.1 Å². The highest BCUT2D eigenvalue weighted by atomic mass is 16.4. The molecule has 1 fully saturated rings. The van der Waals surface area contributed by atoms with Crippen LogP contribution in [0.4, 0.5) is 0 Å². The van der Waals surface area contributed by atoms with Crippen LogP contribution >= 0.6 is 0 Å². The highest BCUT2D eigenvalue weighted by molar-refractivity contribution is 5.70.